The molecule has 0 radical (unpaired) electrons. The molecular formula is C23H29N2S+. The third-order valence-electron chi connectivity index (χ3n) is 5.36. The molecule has 1 N–H and O–H groups in total. The SMILES string of the molecule is C[NH+](C)CCC=C1c2ccccc2Sc2ccc(N3CCCCC3)cc21. The van der Waals surface area contributed by atoms with Crippen molar-refractivity contribution >= 4 is 23.0 Å². The van der Waals surface area contributed by atoms with Crippen molar-refractivity contribution in [2.75, 3.05) is 38.6 Å². The summed E-state index contributed by atoms with van der Waals surface area (Å²) < 4.78 is 0. The van der Waals surface area contributed by atoms with Crippen LogP contribution in [-0.4, -0.2) is 33.7 Å². The first-order chi connectivity index (χ1) is 12.7. The Morgan fingerprint density at radius 1 is 0.962 bits per heavy atom. The Morgan fingerprint density at radius 2 is 1.73 bits per heavy atom. The number of piperidine rings is 1. The van der Waals surface area contributed by atoms with E-state index in [0.717, 1.165) is 6.42 Å². The van der Waals surface area contributed by atoms with Crippen molar-refractivity contribution in [2.45, 2.75) is 35.5 Å². The quantitative estimate of drug-likeness (QED) is 0.744. The first kappa shape index (κ1) is 17.7. The van der Waals surface area contributed by atoms with Crippen LogP contribution >= 0.6 is 11.8 Å². The van der Waals surface area contributed by atoms with E-state index in [1.54, 1.807) is 0 Å². The standard InChI is InChI=1S/C23H28N2S/c1-24(2)14-8-10-19-20-9-4-5-11-22(20)26-23-13-12-18(17-21(19)23)25-15-6-3-7-16-25/h4-5,9-13,17H,3,6-8,14-16H2,1-2H3/p+1. The summed E-state index contributed by atoms with van der Waals surface area (Å²) in [6.07, 6.45) is 7.60. The van der Waals surface area contributed by atoms with Gasteiger partial charge in [-0.25, -0.2) is 0 Å². The van der Waals surface area contributed by atoms with Gasteiger partial charge in [-0.2, -0.15) is 0 Å². The van der Waals surface area contributed by atoms with Crippen molar-refractivity contribution in [1.82, 2.24) is 0 Å². The highest BCUT2D eigenvalue weighted by Crippen LogP contribution is 2.46. The molecule has 3 heteroatoms. The lowest BCUT2D eigenvalue weighted by atomic mass is 9.95. The van der Waals surface area contributed by atoms with Crippen molar-refractivity contribution in [3.8, 4) is 0 Å². The van der Waals surface area contributed by atoms with Crippen LogP contribution in [0.4, 0.5) is 5.69 Å². The predicted molar refractivity (Wildman–Crippen MR) is 112 cm³/mol. The Kier molecular flexibility index (Phi) is 5.37. The maximum absolute atomic E-state index is 2.57. The third-order valence-corrected chi connectivity index (χ3v) is 6.52. The summed E-state index contributed by atoms with van der Waals surface area (Å²) in [5, 5.41) is 0. The number of hydrogen-bond donors (Lipinski definition) is 1. The summed E-state index contributed by atoms with van der Waals surface area (Å²) in [5.41, 5.74) is 5.64. The van der Waals surface area contributed by atoms with Gasteiger partial charge in [-0.05, 0) is 60.2 Å². The largest absolute Gasteiger partial charge is 0.372 e. The molecule has 2 nitrogen and oxygen atoms in total. The molecule has 2 aromatic carbocycles. The molecule has 136 valence electrons. The highest BCUT2D eigenvalue weighted by molar-refractivity contribution is 7.99. The minimum atomic E-state index is 1.12. The Labute approximate surface area is 161 Å². The molecule has 0 unspecified atom stereocenters. The summed E-state index contributed by atoms with van der Waals surface area (Å²) in [4.78, 5) is 6.85. The second-order valence-corrected chi connectivity index (χ2v) is 8.77. The molecule has 0 bridgehead atoms. The second-order valence-electron chi connectivity index (χ2n) is 7.69. The van der Waals surface area contributed by atoms with E-state index < -0.39 is 0 Å². The van der Waals surface area contributed by atoms with Gasteiger partial charge in [-0.15, -0.1) is 0 Å². The van der Waals surface area contributed by atoms with Crippen LogP contribution in [0.25, 0.3) is 5.57 Å². The van der Waals surface area contributed by atoms with E-state index in [1.807, 2.05) is 11.8 Å². The van der Waals surface area contributed by atoms with Crippen LogP contribution in [0.15, 0.2) is 58.3 Å². The molecule has 0 saturated carbocycles. The van der Waals surface area contributed by atoms with E-state index in [9.17, 15) is 0 Å². The number of fused-ring (bicyclic) bond motifs is 2. The Balaban J connectivity index is 1.72. The normalized spacial score (nSPS) is 18.1. The first-order valence-electron chi connectivity index (χ1n) is 9.88. The minimum Gasteiger partial charge on any atom is -0.372 e. The molecule has 0 atom stereocenters. The molecular weight excluding hydrogens is 336 g/mol. The molecule has 2 aliphatic rings. The van der Waals surface area contributed by atoms with Gasteiger partial charge in [-0.3, -0.25) is 0 Å². The van der Waals surface area contributed by atoms with Gasteiger partial charge in [0.2, 0.25) is 0 Å². The number of hydrogen-bond acceptors (Lipinski definition) is 2. The lowest BCUT2D eigenvalue weighted by molar-refractivity contribution is -0.857. The summed E-state index contributed by atoms with van der Waals surface area (Å²) >= 11 is 1.92. The van der Waals surface area contributed by atoms with E-state index >= 15 is 0 Å². The summed E-state index contributed by atoms with van der Waals surface area (Å²) in [6.45, 7) is 3.57. The van der Waals surface area contributed by atoms with Gasteiger partial charge in [0.15, 0.2) is 0 Å². The van der Waals surface area contributed by atoms with Crippen LogP contribution in [0, 0.1) is 0 Å². The van der Waals surface area contributed by atoms with Gasteiger partial charge >= 0.3 is 0 Å². The molecule has 0 amide bonds. The molecule has 0 aromatic heterocycles. The number of nitrogens with one attached hydrogen (secondary N) is 1. The molecule has 2 aromatic rings. The highest BCUT2D eigenvalue weighted by atomic mass is 32.2. The molecule has 4 rings (SSSR count). The maximum atomic E-state index is 2.57. The van der Waals surface area contributed by atoms with Crippen LogP contribution < -0.4 is 9.80 Å². The van der Waals surface area contributed by atoms with Gasteiger partial charge in [0, 0.05) is 35.0 Å². The van der Waals surface area contributed by atoms with Gasteiger partial charge in [-0.1, -0.05) is 36.0 Å². The zero-order valence-corrected chi connectivity index (χ0v) is 16.7. The Bertz CT molecular complexity index is 804. The van der Waals surface area contributed by atoms with Gasteiger partial charge in [0.25, 0.3) is 0 Å². The number of rotatable bonds is 4. The van der Waals surface area contributed by atoms with E-state index in [2.05, 4.69) is 67.5 Å². The number of anilines is 1. The maximum Gasteiger partial charge on any atom is 0.0802 e. The predicted octanol–water partition coefficient (Wildman–Crippen LogP) is 4.11. The van der Waals surface area contributed by atoms with Crippen LogP contribution in [0.1, 0.15) is 36.8 Å². The second kappa shape index (κ2) is 7.89. The van der Waals surface area contributed by atoms with E-state index in [1.165, 1.54) is 76.0 Å². The van der Waals surface area contributed by atoms with Gasteiger partial charge in [0.05, 0.1) is 20.6 Å². The zero-order chi connectivity index (χ0) is 17.9. The fourth-order valence-corrected chi connectivity index (χ4v) is 5.02. The zero-order valence-electron chi connectivity index (χ0n) is 15.9. The number of benzene rings is 2. The fourth-order valence-electron chi connectivity index (χ4n) is 3.93. The van der Waals surface area contributed by atoms with Crippen LogP contribution in [-0.2, 0) is 0 Å². The van der Waals surface area contributed by atoms with Crippen molar-refractivity contribution in [3.05, 3.63) is 59.7 Å². The van der Waals surface area contributed by atoms with E-state index in [-0.39, 0.29) is 0 Å². The summed E-state index contributed by atoms with van der Waals surface area (Å²) in [6, 6.07) is 16.0. The average Bonchev–Trinajstić information content (AvgIpc) is 2.67. The average molecular weight is 366 g/mol. The first-order valence-corrected chi connectivity index (χ1v) is 10.7. The van der Waals surface area contributed by atoms with Gasteiger partial charge in [0.1, 0.15) is 0 Å². The van der Waals surface area contributed by atoms with Crippen molar-refractivity contribution in [1.29, 1.82) is 0 Å². The molecule has 2 aliphatic heterocycles. The van der Waals surface area contributed by atoms with E-state index in [0.29, 0.717) is 0 Å². The van der Waals surface area contributed by atoms with Crippen molar-refractivity contribution < 1.29 is 4.90 Å². The van der Waals surface area contributed by atoms with Gasteiger partial charge < -0.3 is 9.80 Å². The monoisotopic (exact) mass is 365 g/mol. The smallest absolute Gasteiger partial charge is 0.0802 e. The Hall–Kier alpha value is -1.71. The molecule has 0 spiro atoms. The molecule has 1 fully saturated rings. The van der Waals surface area contributed by atoms with Crippen molar-refractivity contribution in [3.63, 3.8) is 0 Å². The Morgan fingerprint density at radius 3 is 2.54 bits per heavy atom. The lowest BCUT2D eigenvalue weighted by Crippen LogP contribution is -3.05. The lowest BCUT2D eigenvalue weighted by Gasteiger charge is -2.30. The number of quaternary nitrogens is 1. The molecule has 26 heavy (non-hydrogen) atoms. The summed E-state index contributed by atoms with van der Waals surface area (Å²) in [7, 11) is 4.46. The summed E-state index contributed by atoms with van der Waals surface area (Å²) in [5.74, 6) is 0. The molecule has 1 saturated heterocycles. The minimum absolute atomic E-state index is 1.12. The fraction of sp³-hybridized carbons (Fsp3) is 0.391. The number of nitrogens with zero attached hydrogens (tertiary/aromatic N) is 1. The van der Waals surface area contributed by atoms with E-state index in [4.69, 9.17) is 0 Å². The third kappa shape index (κ3) is 3.70. The molecule has 2 heterocycles. The molecule has 0 aliphatic carbocycles. The van der Waals surface area contributed by atoms with Crippen LogP contribution in [0.5, 0.6) is 0 Å². The van der Waals surface area contributed by atoms with Crippen LogP contribution in [0.3, 0.4) is 0 Å². The van der Waals surface area contributed by atoms with Crippen molar-refractivity contribution in [2.24, 2.45) is 0 Å². The highest BCUT2D eigenvalue weighted by Gasteiger charge is 2.22. The van der Waals surface area contributed by atoms with Crippen LogP contribution in [0.2, 0.25) is 0 Å². The topological polar surface area (TPSA) is 7.68 Å².